The van der Waals surface area contributed by atoms with E-state index in [0.717, 1.165) is 137 Å². The number of aromatic amines is 1. The number of ether oxygens (including phenoxy) is 2. The van der Waals surface area contributed by atoms with E-state index in [2.05, 4.69) is 98.1 Å². The number of hydrogen-bond donors (Lipinski definition) is 12. The molecule has 564 valence electrons. The van der Waals surface area contributed by atoms with Crippen molar-refractivity contribution in [3.63, 3.8) is 0 Å². The molecule has 2 aliphatic heterocycles. The van der Waals surface area contributed by atoms with E-state index in [4.69, 9.17) is 25.4 Å². The topological polar surface area (TPSA) is 338 Å². The van der Waals surface area contributed by atoms with Crippen molar-refractivity contribution in [2.45, 2.75) is 83.7 Å². The summed E-state index contributed by atoms with van der Waals surface area (Å²) in [5, 5.41) is 27.3. The van der Waals surface area contributed by atoms with E-state index in [1.54, 1.807) is 43.7 Å². The lowest BCUT2D eigenvalue weighted by atomic mass is 9.96. The lowest BCUT2D eigenvalue weighted by molar-refractivity contribution is -0.119. The van der Waals surface area contributed by atoms with Crippen molar-refractivity contribution in [3.05, 3.63) is 235 Å². The number of primary amides is 2. The van der Waals surface area contributed by atoms with Crippen LogP contribution in [0.4, 0.5) is 60.8 Å². The average molecular weight is 1450 g/mol. The number of amides is 6. The van der Waals surface area contributed by atoms with E-state index in [1.807, 2.05) is 188 Å². The molecule has 1 aliphatic carbocycles. The number of imidazole rings is 1. The van der Waals surface area contributed by atoms with E-state index < -0.39 is 11.8 Å². The van der Waals surface area contributed by atoms with Crippen LogP contribution >= 0.6 is 0 Å². The average Bonchev–Trinajstić information content (AvgIpc) is 1.56. The molecular weight excluding hydrogens is 1350 g/mol. The molecule has 107 heavy (non-hydrogen) atoms. The molecule has 7 aromatic carbocycles. The maximum absolute atomic E-state index is 11.9. The van der Waals surface area contributed by atoms with Crippen molar-refractivity contribution >= 4 is 81.0 Å². The number of aryl methyl sites for hydroxylation is 1. The number of nitrogens with one attached hydrogen (secondary N) is 10. The van der Waals surface area contributed by atoms with Gasteiger partial charge in [0.15, 0.2) is 12.2 Å². The lowest BCUT2D eigenvalue weighted by Crippen LogP contribution is -2.42. The van der Waals surface area contributed by atoms with Gasteiger partial charge in [0.05, 0.1) is 49.5 Å². The van der Waals surface area contributed by atoms with Crippen LogP contribution in [0.5, 0.6) is 5.75 Å². The van der Waals surface area contributed by atoms with Gasteiger partial charge in [-0.1, -0.05) is 67.8 Å². The zero-order valence-corrected chi connectivity index (χ0v) is 62.7. The van der Waals surface area contributed by atoms with Crippen molar-refractivity contribution in [1.82, 2.24) is 30.6 Å². The number of carbonyl (C=O) groups excluding carboxylic acids is 5. The van der Waals surface area contributed by atoms with Crippen molar-refractivity contribution < 1.29 is 37.9 Å². The Labute approximate surface area is 627 Å². The Morgan fingerprint density at radius 2 is 1.10 bits per heavy atom. The number of hydrogen-bond acceptors (Lipinski definition) is 18. The van der Waals surface area contributed by atoms with Crippen LogP contribution in [-0.4, -0.2) is 132 Å². The minimum Gasteiger partial charge on any atom is -0.494 e. The fourth-order valence-electron chi connectivity index (χ4n) is 11.6. The summed E-state index contributed by atoms with van der Waals surface area (Å²) in [7, 11) is 14.7. The summed E-state index contributed by atoms with van der Waals surface area (Å²) in [5.74, 6) is 0.533. The molecule has 13 rings (SSSR count). The van der Waals surface area contributed by atoms with Crippen molar-refractivity contribution in [1.29, 1.82) is 0 Å². The summed E-state index contributed by atoms with van der Waals surface area (Å²) in [6, 6.07) is 53.3. The normalized spacial score (nSPS) is 12.8. The van der Waals surface area contributed by atoms with Gasteiger partial charge in [-0.15, -0.1) is 0 Å². The molecule has 25 nitrogen and oxygen atoms in total. The predicted molar refractivity (Wildman–Crippen MR) is 432 cm³/mol. The molecule has 0 atom stereocenters. The van der Waals surface area contributed by atoms with Crippen LogP contribution in [0.25, 0.3) is 22.6 Å². The molecule has 5 heterocycles. The van der Waals surface area contributed by atoms with Crippen LogP contribution in [0.15, 0.2) is 206 Å². The zero-order valence-electron chi connectivity index (χ0n) is 62.7. The molecule has 14 N–H and O–H groups in total. The van der Waals surface area contributed by atoms with Crippen LogP contribution in [0.3, 0.4) is 0 Å². The molecule has 1 saturated carbocycles. The number of cyclic esters (lactones) is 1. The van der Waals surface area contributed by atoms with E-state index in [0.29, 0.717) is 31.3 Å². The minimum atomic E-state index is -0.593. The highest BCUT2D eigenvalue weighted by molar-refractivity contribution is 6.00. The molecule has 3 fully saturated rings. The minimum absolute atomic E-state index is 0.0539. The third kappa shape index (κ3) is 26.9. The smallest absolute Gasteiger partial charge is 0.414 e. The Morgan fingerprint density at radius 1 is 0.542 bits per heavy atom. The van der Waals surface area contributed by atoms with Crippen molar-refractivity contribution in [2.24, 2.45) is 11.5 Å². The summed E-state index contributed by atoms with van der Waals surface area (Å²) in [6.45, 7) is 4.61. The monoisotopic (exact) mass is 1450 g/mol. The van der Waals surface area contributed by atoms with Gasteiger partial charge in [-0.3, -0.25) is 24.3 Å². The van der Waals surface area contributed by atoms with Gasteiger partial charge in [-0.2, -0.15) is 0 Å². The number of aromatic nitrogens is 4. The van der Waals surface area contributed by atoms with Gasteiger partial charge in [0.2, 0.25) is 17.7 Å². The zero-order chi connectivity index (χ0) is 76.7. The van der Waals surface area contributed by atoms with Crippen molar-refractivity contribution in [3.8, 4) is 28.3 Å². The Bertz CT molecular complexity index is 4250. The number of nitrogens with two attached hydrogens (primary N) is 2. The van der Waals surface area contributed by atoms with Gasteiger partial charge in [-0.05, 0) is 177 Å². The van der Waals surface area contributed by atoms with Gasteiger partial charge >= 0.3 is 12.1 Å². The van der Waals surface area contributed by atoms with Crippen molar-refractivity contribution in [2.75, 3.05) is 123 Å². The summed E-state index contributed by atoms with van der Waals surface area (Å²) >= 11 is 0. The first-order chi connectivity index (χ1) is 52.0. The predicted octanol–water partition coefficient (Wildman–Crippen LogP) is 14.6. The highest BCUT2D eigenvalue weighted by Crippen LogP contribution is 2.34. The quantitative estimate of drug-likeness (QED) is 0.0358. The number of rotatable bonds is 19. The maximum atomic E-state index is 11.9. The van der Waals surface area contributed by atoms with E-state index in [-0.39, 0.29) is 29.2 Å². The largest absolute Gasteiger partial charge is 0.494 e. The summed E-state index contributed by atoms with van der Waals surface area (Å²) < 4.78 is 15.6. The number of urea groups is 1. The van der Waals surface area contributed by atoms with Crippen LogP contribution < -0.4 is 73.9 Å². The van der Waals surface area contributed by atoms with Crippen LogP contribution in [-0.2, 0) is 22.5 Å². The summed E-state index contributed by atoms with van der Waals surface area (Å²) in [4.78, 5) is 75.5. The van der Waals surface area contributed by atoms with Gasteiger partial charge in [0.25, 0.3) is 0 Å². The first-order valence-corrected chi connectivity index (χ1v) is 35.7. The summed E-state index contributed by atoms with van der Waals surface area (Å²) in [5.41, 5.74) is 27.5. The first kappa shape index (κ1) is 81.8. The molecule has 10 aromatic rings. The number of H-pyrrole nitrogens is 1. The number of methoxy groups -OCH3 is 1. The third-order valence-electron chi connectivity index (χ3n) is 17.4. The molecule has 25 heteroatoms. The molecule has 6 amide bonds. The van der Waals surface area contributed by atoms with E-state index in [1.165, 1.54) is 42.8 Å². The van der Waals surface area contributed by atoms with Crippen LogP contribution in [0, 0.1) is 6.92 Å². The Kier molecular flexibility index (Phi) is 33.8. The number of pyridine rings is 1. The second-order valence-corrected chi connectivity index (χ2v) is 24.9. The molecule has 0 bridgehead atoms. The number of anilines is 9. The molecule has 0 radical (unpaired) electrons. The standard InChI is InChI=1S/C15H23N3O.C13H18N2O2.C13H14N2.C12H16N2O2.C10H11N3.C10H10N2O.C9H11N3O2/c1-16-14-9-5-6-12(10-14)11-17-15(19)18-13-7-3-2-4-8-13;1-14-10-6-7-11(12(9-10)17-2)15-8-4-3-5-13(15)16;1-14-13-4-2-3-12(10-13)9-11-5-7-15-8-6-11;1-9-8-10(13-2)4-5-11(9)14-6-3-7-16-12(14)15;2*1-11-9-4-2-3-8(5-9)10-6-12-7-13-10;1-12-7-3-5(8(10)13)2-6(4-7)9(11)14/h5-6,9-10,13,16H,2-4,7-8,11H2,1H3,(H2,17,18,19);6-7,9,14H,3-5,8H2,1-2H3;2-8,10,14H,9H2,1H3;4-5,8,13H,3,6-7H2,1-2H3;2-7,11H,1H3,(H,12,13);2-7,11H,1H3;2-4,12H,1H3,(H2,10,13)(H2,11,14). The molecule has 0 spiro atoms. The highest BCUT2D eigenvalue weighted by Gasteiger charge is 2.24. The number of oxazole rings is 1. The molecular formula is C82H103N17O8. The van der Waals surface area contributed by atoms with Gasteiger partial charge < -0.3 is 83.1 Å². The Balaban J connectivity index is 0.000000175. The van der Waals surface area contributed by atoms with Crippen LogP contribution in [0.1, 0.15) is 101 Å². The number of piperidine rings is 1. The van der Waals surface area contributed by atoms with Gasteiger partial charge in [0, 0.05) is 162 Å². The molecule has 0 unspecified atom stereocenters. The van der Waals surface area contributed by atoms with Gasteiger partial charge in [0.1, 0.15) is 5.75 Å². The molecule has 3 aromatic heterocycles. The fraction of sp³-hybridized carbons (Fsp3) is 0.293. The van der Waals surface area contributed by atoms with E-state index in [9.17, 15) is 24.0 Å². The Morgan fingerprint density at radius 3 is 1.66 bits per heavy atom. The second-order valence-electron chi connectivity index (χ2n) is 24.9. The van der Waals surface area contributed by atoms with E-state index >= 15 is 0 Å². The second kappa shape index (κ2) is 44.2. The molecule has 2 saturated heterocycles. The summed E-state index contributed by atoms with van der Waals surface area (Å²) in [6.07, 6.45) is 20.6. The number of benzene rings is 7. The first-order valence-electron chi connectivity index (χ1n) is 35.7. The number of carbonyl (C=O) groups is 5. The Hall–Kier alpha value is -12.5. The van der Waals surface area contributed by atoms with Crippen LogP contribution in [0.2, 0.25) is 0 Å². The highest BCUT2D eigenvalue weighted by atomic mass is 16.6. The SMILES string of the molecule is CNc1cc(C(N)=O)cc(C(N)=O)c1.CNc1ccc(N2CCCCC2=O)c(OC)c1.CNc1ccc(N2CCCOC2=O)c(C)c1.CNc1cccc(-c2cnc[nH]2)c1.CNc1cccc(-c2cnco2)c1.CNc1cccc(CNC(=O)NC2CCCCC2)c1.CNc1cccc(Cc2ccncc2)c1. The molecule has 3 aliphatic rings. The third-order valence-corrected chi connectivity index (χ3v) is 17.4. The maximum Gasteiger partial charge on any atom is 0.414 e. The lowest BCUT2D eigenvalue weighted by Gasteiger charge is -2.28. The number of nitrogens with zero attached hydrogens (tertiary/aromatic N) is 5. The fourth-order valence-corrected chi connectivity index (χ4v) is 11.6. The van der Waals surface area contributed by atoms with Gasteiger partial charge in [-0.25, -0.2) is 19.6 Å².